The van der Waals surface area contributed by atoms with Crippen LogP contribution in [0.1, 0.15) is 109 Å². The number of guanidine groups is 1. The second-order valence-electron chi connectivity index (χ2n) is 18.7. The zero-order valence-corrected chi connectivity index (χ0v) is 40.3. The summed E-state index contributed by atoms with van der Waals surface area (Å²) in [6.07, 6.45) is 6.36. The number of benzene rings is 5. The van der Waals surface area contributed by atoms with E-state index in [-0.39, 0.29) is 61.3 Å². The average molecular weight is 923 g/mol. The van der Waals surface area contributed by atoms with Gasteiger partial charge in [-0.15, -0.1) is 0 Å². The van der Waals surface area contributed by atoms with Crippen molar-refractivity contribution in [3.63, 3.8) is 0 Å². The zero-order chi connectivity index (χ0) is 48.4. The topological polar surface area (TPSA) is 198 Å². The molecule has 3 atom stereocenters. The van der Waals surface area contributed by atoms with Gasteiger partial charge in [0.2, 0.25) is 5.91 Å². The fourth-order valence-electron chi connectivity index (χ4n) is 8.74. The van der Waals surface area contributed by atoms with Gasteiger partial charge in [0.1, 0.15) is 23.9 Å². The number of oxazole rings is 1. The Bertz CT molecular complexity index is 2600. The van der Waals surface area contributed by atoms with E-state index in [0.717, 1.165) is 50.4 Å². The highest BCUT2D eigenvalue weighted by Gasteiger charge is 2.31. The van der Waals surface area contributed by atoms with Gasteiger partial charge >= 0.3 is 0 Å². The van der Waals surface area contributed by atoms with Crippen LogP contribution in [0.4, 0.5) is 0 Å². The Morgan fingerprint density at radius 1 is 0.721 bits per heavy atom. The van der Waals surface area contributed by atoms with Crippen molar-refractivity contribution in [3.05, 3.63) is 127 Å². The molecular formula is C56H70N6O6. The van der Waals surface area contributed by atoms with Gasteiger partial charge < -0.3 is 36.4 Å². The van der Waals surface area contributed by atoms with E-state index in [9.17, 15) is 14.4 Å². The molecule has 68 heavy (non-hydrogen) atoms. The number of Topliss-reactive ketones (excluding diaryl/α,β-unsaturated/α-hetero) is 2. The number of nitrogens with zero attached hydrogens (tertiary/aromatic N) is 2. The van der Waals surface area contributed by atoms with Crippen LogP contribution in [0.2, 0.25) is 0 Å². The SMILES string of the molecule is CC(C)CCOc1ccc2ccccc2c1-c1c(OCC(=O)C[C@H](CCCCN)C(=O)N[C@H](CCCN=C(N)N)C(=O)C[C@@H](CC(C)C)c2ncc(Cc3ccccc3)o2)ccc2ccccc12. The highest BCUT2D eigenvalue weighted by atomic mass is 16.5. The Balaban J connectivity index is 1.22. The molecule has 6 rings (SSSR count). The fraction of sp³-hybridized carbons (Fsp3) is 0.411. The first-order chi connectivity index (χ1) is 32.9. The lowest BCUT2D eigenvalue weighted by molar-refractivity contribution is -0.133. The van der Waals surface area contributed by atoms with Crippen LogP contribution < -0.4 is 32.0 Å². The number of aliphatic imine (C=N–C) groups is 1. The lowest BCUT2D eigenvalue weighted by Crippen LogP contribution is -2.45. The number of amides is 1. The quantitative estimate of drug-likeness (QED) is 0.0209. The standard InChI is InChI=1S/C56H70N6O6/c1-37(2)27-30-66-50-25-23-40-17-8-10-20-46(40)52(50)53-47-21-11-9-18-41(47)24-26-51(53)67-36-44(63)33-42(19-12-13-28-57)54(65)62-48(22-14-29-60-56(58)59)49(64)34-43(31-38(3)4)55-61-35-45(68-55)32-39-15-6-5-7-16-39/h5-11,15-18,20-21,23-26,35,37-38,42-43,48H,12-14,19,22,27-34,36,57H2,1-4H3,(H,62,65)(H4,58,59,60)/t42-,43+,48+/m0/s1. The third kappa shape index (κ3) is 14.7. The number of ketones is 2. The van der Waals surface area contributed by atoms with Crippen LogP contribution in [0, 0.1) is 17.8 Å². The second kappa shape index (κ2) is 25.6. The first kappa shape index (κ1) is 50.9. The van der Waals surface area contributed by atoms with Crippen LogP contribution in [0.3, 0.4) is 0 Å². The third-order valence-corrected chi connectivity index (χ3v) is 12.2. The van der Waals surface area contributed by atoms with Crippen molar-refractivity contribution >= 4 is 45.0 Å². The fourth-order valence-corrected chi connectivity index (χ4v) is 8.74. The average Bonchev–Trinajstić information content (AvgIpc) is 3.79. The Morgan fingerprint density at radius 3 is 2.00 bits per heavy atom. The number of rotatable bonds is 28. The summed E-state index contributed by atoms with van der Waals surface area (Å²) in [5.41, 5.74) is 19.9. The molecule has 1 heterocycles. The van der Waals surface area contributed by atoms with Crippen LogP contribution in [-0.4, -0.2) is 60.8 Å². The minimum atomic E-state index is -0.855. The second-order valence-corrected chi connectivity index (χ2v) is 18.7. The molecule has 360 valence electrons. The number of unbranched alkanes of at least 4 members (excludes halogenated alkanes) is 1. The van der Waals surface area contributed by atoms with Gasteiger partial charge in [0.25, 0.3) is 0 Å². The molecule has 0 aliphatic heterocycles. The number of carbonyl (C=O) groups is 3. The lowest BCUT2D eigenvalue weighted by atomic mass is 9.89. The zero-order valence-electron chi connectivity index (χ0n) is 40.3. The first-order valence-electron chi connectivity index (χ1n) is 24.3. The van der Waals surface area contributed by atoms with Gasteiger partial charge in [-0.1, -0.05) is 125 Å². The molecular weight excluding hydrogens is 853 g/mol. The van der Waals surface area contributed by atoms with E-state index >= 15 is 0 Å². The molecule has 1 aromatic heterocycles. The van der Waals surface area contributed by atoms with E-state index in [1.807, 2.05) is 72.8 Å². The van der Waals surface area contributed by atoms with E-state index in [0.29, 0.717) is 81.4 Å². The van der Waals surface area contributed by atoms with Crippen molar-refractivity contribution in [3.8, 4) is 22.6 Å². The first-order valence-corrected chi connectivity index (χ1v) is 24.3. The van der Waals surface area contributed by atoms with Crippen LogP contribution in [-0.2, 0) is 20.8 Å². The van der Waals surface area contributed by atoms with E-state index in [1.54, 1.807) is 6.20 Å². The van der Waals surface area contributed by atoms with Crippen molar-refractivity contribution in [2.75, 3.05) is 26.3 Å². The molecule has 6 aromatic rings. The predicted molar refractivity (Wildman–Crippen MR) is 273 cm³/mol. The van der Waals surface area contributed by atoms with Crippen LogP contribution >= 0.6 is 0 Å². The highest BCUT2D eigenvalue weighted by molar-refractivity contribution is 6.10. The van der Waals surface area contributed by atoms with E-state index in [2.05, 4.69) is 73.3 Å². The predicted octanol–water partition coefficient (Wildman–Crippen LogP) is 10.1. The summed E-state index contributed by atoms with van der Waals surface area (Å²) >= 11 is 0. The van der Waals surface area contributed by atoms with Crippen molar-refractivity contribution in [2.24, 2.45) is 39.9 Å². The molecule has 0 spiro atoms. The van der Waals surface area contributed by atoms with Gasteiger partial charge in [-0.3, -0.25) is 19.4 Å². The lowest BCUT2D eigenvalue weighted by Gasteiger charge is -2.24. The molecule has 12 heteroatoms. The summed E-state index contributed by atoms with van der Waals surface area (Å²) in [5, 5.41) is 7.10. The molecule has 0 saturated carbocycles. The molecule has 7 N–H and O–H groups in total. The number of fused-ring (bicyclic) bond motifs is 2. The van der Waals surface area contributed by atoms with E-state index in [4.69, 9.17) is 31.1 Å². The smallest absolute Gasteiger partial charge is 0.224 e. The molecule has 0 saturated heterocycles. The van der Waals surface area contributed by atoms with Crippen LogP contribution in [0.5, 0.6) is 11.5 Å². The number of hydrogen-bond acceptors (Lipinski definition) is 9. The summed E-state index contributed by atoms with van der Waals surface area (Å²) < 4.78 is 19.3. The molecule has 12 nitrogen and oxygen atoms in total. The Hall–Kier alpha value is -6.53. The Kier molecular flexibility index (Phi) is 19.1. The van der Waals surface area contributed by atoms with Crippen molar-refractivity contribution in [1.82, 2.24) is 10.3 Å². The van der Waals surface area contributed by atoms with Crippen LogP contribution in [0.15, 0.2) is 119 Å². The Labute approximate surface area is 401 Å². The van der Waals surface area contributed by atoms with E-state index in [1.165, 1.54) is 0 Å². The summed E-state index contributed by atoms with van der Waals surface area (Å²) in [5.74, 6) is 1.35. The minimum Gasteiger partial charge on any atom is -0.493 e. The van der Waals surface area contributed by atoms with Gasteiger partial charge in [-0.05, 0) is 96.1 Å². The molecule has 0 bridgehead atoms. The van der Waals surface area contributed by atoms with Gasteiger partial charge in [0.15, 0.2) is 23.4 Å². The van der Waals surface area contributed by atoms with Crippen molar-refractivity contribution in [1.29, 1.82) is 0 Å². The van der Waals surface area contributed by atoms with Gasteiger partial charge in [-0.2, -0.15) is 0 Å². The van der Waals surface area contributed by atoms with E-state index < -0.39 is 12.0 Å². The molecule has 0 unspecified atom stereocenters. The maximum atomic E-state index is 14.4. The molecule has 0 aliphatic rings. The third-order valence-electron chi connectivity index (χ3n) is 12.2. The number of ether oxygens (including phenoxy) is 2. The molecule has 1 amide bonds. The largest absolute Gasteiger partial charge is 0.493 e. The number of aromatic nitrogens is 1. The maximum absolute atomic E-state index is 14.4. The highest BCUT2D eigenvalue weighted by Crippen LogP contribution is 2.45. The Morgan fingerprint density at radius 2 is 1.37 bits per heavy atom. The number of carbonyl (C=O) groups excluding carboxylic acids is 3. The normalized spacial score (nSPS) is 12.8. The molecule has 0 aliphatic carbocycles. The van der Waals surface area contributed by atoms with Crippen LogP contribution in [0.25, 0.3) is 32.7 Å². The minimum absolute atomic E-state index is 0.0480. The number of nitrogens with one attached hydrogen (secondary N) is 1. The van der Waals surface area contributed by atoms with Gasteiger partial charge in [-0.25, -0.2) is 4.98 Å². The number of nitrogens with two attached hydrogens (primary N) is 3. The summed E-state index contributed by atoms with van der Waals surface area (Å²) in [6, 6.07) is 33.4. The molecule has 5 aromatic carbocycles. The van der Waals surface area contributed by atoms with Gasteiger partial charge in [0.05, 0.1) is 18.8 Å². The van der Waals surface area contributed by atoms with Gasteiger partial charge in [0, 0.05) is 48.8 Å². The maximum Gasteiger partial charge on any atom is 0.224 e. The summed E-state index contributed by atoms with van der Waals surface area (Å²) in [4.78, 5) is 51.6. The monoisotopic (exact) mass is 923 g/mol. The van der Waals surface area contributed by atoms with Crippen molar-refractivity contribution in [2.45, 2.75) is 104 Å². The summed E-state index contributed by atoms with van der Waals surface area (Å²) in [6.45, 7) is 9.56. The summed E-state index contributed by atoms with van der Waals surface area (Å²) in [7, 11) is 0. The number of hydrogen-bond donors (Lipinski definition) is 4. The van der Waals surface area contributed by atoms with Crippen molar-refractivity contribution < 1.29 is 28.3 Å². The molecule has 0 radical (unpaired) electrons. The molecule has 0 fully saturated rings.